The first-order valence-corrected chi connectivity index (χ1v) is 8.56. The van der Waals surface area contributed by atoms with E-state index < -0.39 is 0 Å². The zero-order valence-corrected chi connectivity index (χ0v) is 13.7. The number of rotatable bonds is 2. The van der Waals surface area contributed by atoms with Crippen LogP contribution in [-0.2, 0) is 12.8 Å². The van der Waals surface area contributed by atoms with E-state index in [0.29, 0.717) is 10.7 Å². The van der Waals surface area contributed by atoms with E-state index >= 15 is 0 Å². The first-order chi connectivity index (χ1) is 11.2. The predicted octanol–water partition coefficient (Wildman–Crippen LogP) is 4.30. The Bertz CT molecular complexity index is 736. The second-order valence-electron chi connectivity index (χ2n) is 6.31. The molecule has 0 bridgehead atoms. The van der Waals surface area contributed by atoms with E-state index in [4.69, 9.17) is 11.6 Å². The predicted molar refractivity (Wildman–Crippen MR) is 95.2 cm³/mol. The van der Waals surface area contributed by atoms with Gasteiger partial charge in [-0.15, -0.1) is 0 Å². The van der Waals surface area contributed by atoms with Gasteiger partial charge in [0.1, 0.15) is 0 Å². The Morgan fingerprint density at radius 3 is 2.22 bits per heavy atom. The summed E-state index contributed by atoms with van der Waals surface area (Å²) in [7, 11) is 0. The molecule has 0 saturated carbocycles. The number of aryl methyl sites for hydroxylation is 2. The molecule has 4 rings (SSSR count). The molecule has 2 heterocycles. The molecule has 0 N–H and O–H groups in total. The number of hydrogen-bond acceptors (Lipinski definition) is 2. The van der Waals surface area contributed by atoms with Gasteiger partial charge in [-0.1, -0.05) is 11.6 Å². The fraction of sp³-hybridized carbons (Fsp3) is 0.316. The standard InChI is InChI=1S/C19H19ClN2O/c20-17-5-7-18(8-6-17)22(23)13-14-11-15-3-1-9-21-10-2-4-16(12-14)19(15)21/h5-8,11-13H,1-4,9-10H2. The molecule has 2 aromatic carbocycles. The topological polar surface area (TPSA) is 29.3 Å². The van der Waals surface area contributed by atoms with Crippen molar-refractivity contribution in [2.75, 3.05) is 18.0 Å². The molecular weight excluding hydrogens is 308 g/mol. The van der Waals surface area contributed by atoms with Gasteiger partial charge in [0.25, 0.3) is 0 Å². The molecule has 118 valence electrons. The van der Waals surface area contributed by atoms with Gasteiger partial charge < -0.3 is 10.1 Å². The fourth-order valence-electron chi connectivity index (χ4n) is 3.70. The number of anilines is 1. The molecule has 0 unspecified atom stereocenters. The van der Waals surface area contributed by atoms with Crippen molar-refractivity contribution in [2.45, 2.75) is 25.7 Å². The maximum absolute atomic E-state index is 12.4. The largest absolute Gasteiger partial charge is 0.618 e. The minimum absolute atomic E-state index is 0.599. The van der Waals surface area contributed by atoms with Crippen LogP contribution in [0.5, 0.6) is 0 Å². The van der Waals surface area contributed by atoms with Crippen molar-refractivity contribution in [3.63, 3.8) is 0 Å². The molecule has 2 aliphatic rings. The molecule has 23 heavy (non-hydrogen) atoms. The maximum atomic E-state index is 12.4. The zero-order chi connectivity index (χ0) is 15.8. The van der Waals surface area contributed by atoms with E-state index in [1.54, 1.807) is 30.5 Å². The van der Waals surface area contributed by atoms with Crippen LogP contribution in [0.15, 0.2) is 36.4 Å². The van der Waals surface area contributed by atoms with Crippen molar-refractivity contribution < 1.29 is 4.74 Å². The molecule has 0 fully saturated rings. The molecule has 2 aromatic rings. The lowest BCUT2D eigenvalue weighted by Crippen LogP contribution is -2.34. The van der Waals surface area contributed by atoms with Crippen LogP contribution in [0.2, 0.25) is 5.02 Å². The third-order valence-electron chi connectivity index (χ3n) is 4.70. The van der Waals surface area contributed by atoms with Crippen LogP contribution in [0.3, 0.4) is 0 Å². The van der Waals surface area contributed by atoms with Crippen molar-refractivity contribution in [3.05, 3.63) is 63.3 Å². The first kappa shape index (κ1) is 14.6. The number of benzene rings is 2. The number of hydrogen-bond donors (Lipinski definition) is 0. The molecule has 0 amide bonds. The minimum atomic E-state index is 0.599. The molecule has 3 nitrogen and oxygen atoms in total. The molecule has 0 saturated heterocycles. The molecule has 2 aliphatic heterocycles. The summed E-state index contributed by atoms with van der Waals surface area (Å²) < 4.78 is 0.925. The van der Waals surface area contributed by atoms with E-state index in [-0.39, 0.29) is 0 Å². The summed E-state index contributed by atoms with van der Waals surface area (Å²) in [6, 6.07) is 11.3. The van der Waals surface area contributed by atoms with Gasteiger partial charge in [0.05, 0.1) is 0 Å². The lowest BCUT2D eigenvalue weighted by Gasteiger charge is -2.37. The summed E-state index contributed by atoms with van der Waals surface area (Å²) in [5.74, 6) is 0. The SMILES string of the molecule is [O-][N+](=Cc1cc2c3c(c1)CCCN3CCC2)c1ccc(Cl)cc1. The smallest absolute Gasteiger partial charge is 0.216 e. The molecular formula is C19H19ClN2O. The summed E-state index contributed by atoms with van der Waals surface area (Å²) in [5, 5.41) is 13.0. The van der Waals surface area contributed by atoms with Crippen LogP contribution in [0, 0.1) is 5.21 Å². The van der Waals surface area contributed by atoms with Gasteiger partial charge in [-0.2, -0.15) is 4.74 Å². The Kier molecular flexibility index (Phi) is 3.74. The quantitative estimate of drug-likeness (QED) is 0.356. The van der Waals surface area contributed by atoms with Crippen molar-refractivity contribution in [1.29, 1.82) is 0 Å². The number of nitrogens with zero attached hydrogens (tertiary/aromatic N) is 2. The molecule has 0 spiro atoms. The van der Waals surface area contributed by atoms with Crippen LogP contribution in [-0.4, -0.2) is 24.0 Å². The van der Waals surface area contributed by atoms with Gasteiger partial charge >= 0.3 is 0 Å². The highest BCUT2D eigenvalue weighted by molar-refractivity contribution is 6.30. The lowest BCUT2D eigenvalue weighted by molar-refractivity contribution is -0.354. The van der Waals surface area contributed by atoms with Gasteiger partial charge in [-0.05, 0) is 61.1 Å². The summed E-state index contributed by atoms with van der Waals surface area (Å²) in [6.45, 7) is 2.34. The highest BCUT2D eigenvalue weighted by Crippen LogP contribution is 2.35. The average molecular weight is 327 g/mol. The second kappa shape index (κ2) is 5.89. The molecule has 0 atom stereocenters. The highest BCUT2D eigenvalue weighted by Gasteiger charge is 2.24. The fourth-order valence-corrected chi connectivity index (χ4v) is 3.83. The Balaban J connectivity index is 1.72. The monoisotopic (exact) mass is 326 g/mol. The van der Waals surface area contributed by atoms with Gasteiger partial charge in [0.2, 0.25) is 5.69 Å². The van der Waals surface area contributed by atoms with Crippen molar-refractivity contribution in [3.8, 4) is 0 Å². The maximum Gasteiger partial charge on any atom is 0.216 e. The Hall–Kier alpha value is -2.00. The summed E-state index contributed by atoms with van der Waals surface area (Å²) in [4.78, 5) is 2.51. The van der Waals surface area contributed by atoms with E-state index in [2.05, 4.69) is 17.0 Å². The zero-order valence-electron chi connectivity index (χ0n) is 13.0. The second-order valence-corrected chi connectivity index (χ2v) is 6.75. The first-order valence-electron chi connectivity index (χ1n) is 8.18. The van der Waals surface area contributed by atoms with Crippen molar-refractivity contribution in [1.82, 2.24) is 0 Å². The van der Waals surface area contributed by atoms with Crippen molar-refractivity contribution in [2.24, 2.45) is 0 Å². The van der Waals surface area contributed by atoms with E-state index in [9.17, 15) is 5.21 Å². The molecule has 0 aliphatic carbocycles. The van der Waals surface area contributed by atoms with E-state index in [1.165, 1.54) is 42.7 Å². The summed E-state index contributed by atoms with van der Waals surface area (Å²) in [6.07, 6.45) is 6.30. The molecule has 0 aromatic heterocycles. The van der Waals surface area contributed by atoms with Gasteiger partial charge in [-0.3, -0.25) is 0 Å². The minimum Gasteiger partial charge on any atom is -0.618 e. The van der Waals surface area contributed by atoms with Crippen LogP contribution in [0.1, 0.15) is 29.5 Å². The number of halogens is 1. The van der Waals surface area contributed by atoms with Crippen LogP contribution in [0.25, 0.3) is 0 Å². The van der Waals surface area contributed by atoms with Gasteiger partial charge in [0, 0.05) is 41.5 Å². The normalized spacial score (nSPS) is 17.1. The molecule has 0 radical (unpaired) electrons. The van der Waals surface area contributed by atoms with Gasteiger partial charge in [0.15, 0.2) is 6.21 Å². The average Bonchev–Trinajstić information content (AvgIpc) is 2.56. The van der Waals surface area contributed by atoms with Crippen LogP contribution >= 0.6 is 11.6 Å². The summed E-state index contributed by atoms with van der Waals surface area (Å²) >= 11 is 5.88. The van der Waals surface area contributed by atoms with Crippen LogP contribution in [0.4, 0.5) is 11.4 Å². The highest BCUT2D eigenvalue weighted by atomic mass is 35.5. The van der Waals surface area contributed by atoms with Crippen LogP contribution < -0.4 is 4.90 Å². The third-order valence-corrected chi connectivity index (χ3v) is 4.95. The Morgan fingerprint density at radius 2 is 1.61 bits per heavy atom. The Morgan fingerprint density at radius 1 is 1.00 bits per heavy atom. The lowest BCUT2D eigenvalue weighted by atomic mass is 9.90. The van der Waals surface area contributed by atoms with E-state index in [1.807, 2.05) is 0 Å². The third kappa shape index (κ3) is 2.81. The summed E-state index contributed by atoms with van der Waals surface area (Å²) in [5.41, 5.74) is 5.81. The molecule has 4 heteroatoms. The Labute approximate surface area is 141 Å². The van der Waals surface area contributed by atoms with Gasteiger partial charge in [-0.25, -0.2) is 0 Å². The van der Waals surface area contributed by atoms with Crippen molar-refractivity contribution >= 4 is 29.2 Å². The van der Waals surface area contributed by atoms with E-state index in [0.717, 1.165) is 23.1 Å².